The first-order chi connectivity index (χ1) is 18.6. The molecule has 1 aliphatic carbocycles. The summed E-state index contributed by atoms with van der Waals surface area (Å²) in [4.78, 5) is 0. The van der Waals surface area contributed by atoms with Gasteiger partial charge >= 0.3 is 0 Å². The van der Waals surface area contributed by atoms with Crippen LogP contribution in [0.1, 0.15) is 195 Å². The largest absolute Gasteiger partial charge is 0.328 e. The molecule has 0 aromatic carbocycles. The van der Waals surface area contributed by atoms with E-state index >= 15 is 0 Å². The summed E-state index contributed by atoms with van der Waals surface area (Å²) in [6.07, 6.45) is 35.5. The summed E-state index contributed by atoms with van der Waals surface area (Å²) >= 11 is 0. The molecule has 2 heteroatoms. The van der Waals surface area contributed by atoms with Crippen molar-refractivity contribution in [2.45, 2.75) is 207 Å². The Balaban J connectivity index is 2.96. The zero-order valence-corrected chi connectivity index (χ0v) is 27.0. The second-order valence-corrected chi connectivity index (χ2v) is 13.4. The van der Waals surface area contributed by atoms with Gasteiger partial charge in [0.2, 0.25) is 0 Å². The minimum absolute atomic E-state index is 0.337. The molecule has 0 aromatic rings. The van der Waals surface area contributed by atoms with Crippen molar-refractivity contribution in [1.82, 2.24) is 0 Å². The van der Waals surface area contributed by atoms with Crippen LogP contribution in [0.4, 0.5) is 0 Å². The van der Waals surface area contributed by atoms with E-state index in [0.717, 1.165) is 17.8 Å². The van der Waals surface area contributed by atoms with Crippen molar-refractivity contribution in [1.29, 1.82) is 0 Å². The lowest BCUT2D eigenvalue weighted by Gasteiger charge is -2.43. The van der Waals surface area contributed by atoms with Gasteiger partial charge in [0.25, 0.3) is 0 Å². The van der Waals surface area contributed by atoms with E-state index in [1.807, 2.05) is 0 Å². The van der Waals surface area contributed by atoms with Gasteiger partial charge in [-0.3, -0.25) is 0 Å². The molecule has 0 amide bonds. The Hall–Kier alpha value is -0.0800. The van der Waals surface area contributed by atoms with Crippen molar-refractivity contribution in [3.63, 3.8) is 0 Å². The van der Waals surface area contributed by atoms with Gasteiger partial charge in [-0.1, -0.05) is 169 Å². The van der Waals surface area contributed by atoms with Gasteiger partial charge in [-0.05, 0) is 49.4 Å². The Kier molecular flexibility index (Phi) is 23.4. The molecule has 4 N–H and O–H groups in total. The average Bonchev–Trinajstić information content (AvgIpc) is 2.93. The van der Waals surface area contributed by atoms with Crippen molar-refractivity contribution in [2.75, 3.05) is 0 Å². The van der Waals surface area contributed by atoms with E-state index in [4.69, 9.17) is 11.5 Å². The van der Waals surface area contributed by atoms with Crippen LogP contribution >= 0.6 is 0 Å². The van der Waals surface area contributed by atoms with E-state index in [9.17, 15) is 0 Å². The fraction of sp³-hybridized carbons (Fsp3) is 1.00. The van der Waals surface area contributed by atoms with Crippen molar-refractivity contribution in [3.05, 3.63) is 0 Å². The van der Waals surface area contributed by atoms with Crippen LogP contribution in [0.3, 0.4) is 0 Å². The summed E-state index contributed by atoms with van der Waals surface area (Å²) in [5.41, 5.74) is 14.1. The van der Waals surface area contributed by atoms with E-state index in [2.05, 4.69) is 27.7 Å². The van der Waals surface area contributed by atoms with E-state index in [1.165, 1.54) is 167 Å². The monoisotopic (exact) mass is 535 g/mol. The summed E-state index contributed by atoms with van der Waals surface area (Å²) in [6, 6.07) is 0.675. The lowest BCUT2D eigenvalue weighted by Crippen LogP contribution is -2.43. The minimum Gasteiger partial charge on any atom is -0.328 e. The maximum Gasteiger partial charge on any atom is 0.00704 e. The molecular formula is C36H74N2. The molecule has 1 rings (SSSR count). The van der Waals surface area contributed by atoms with Crippen molar-refractivity contribution < 1.29 is 0 Å². The predicted octanol–water partition coefficient (Wildman–Crippen LogP) is 11.3. The molecule has 0 aromatic heterocycles. The van der Waals surface area contributed by atoms with Crippen LogP contribution in [0.25, 0.3) is 0 Å². The van der Waals surface area contributed by atoms with E-state index in [-0.39, 0.29) is 0 Å². The van der Waals surface area contributed by atoms with Gasteiger partial charge in [0.15, 0.2) is 0 Å². The fourth-order valence-corrected chi connectivity index (χ4v) is 7.80. The Morgan fingerprint density at radius 1 is 0.526 bits per heavy atom. The van der Waals surface area contributed by atoms with Gasteiger partial charge in [-0.25, -0.2) is 0 Å². The second kappa shape index (κ2) is 24.7. The van der Waals surface area contributed by atoms with Gasteiger partial charge in [0, 0.05) is 12.1 Å². The molecule has 0 radical (unpaired) electrons. The van der Waals surface area contributed by atoms with Crippen LogP contribution in [0.15, 0.2) is 0 Å². The first kappa shape index (κ1) is 35.9. The molecule has 228 valence electrons. The summed E-state index contributed by atoms with van der Waals surface area (Å²) in [5, 5.41) is 0. The second-order valence-electron chi connectivity index (χ2n) is 13.4. The highest BCUT2D eigenvalue weighted by Gasteiger charge is 2.37. The van der Waals surface area contributed by atoms with Crippen molar-refractivity contribution in [3.8, 4) is 0 Å². The van der Waals surface area contributed by atoms with Gasteiger partial charge in [0.1, 0.15) is 0 Å². The standard InChI is InChI=1S/C36H74N2/c1-5-9-12-15-18-23-28-34(33(8-4)31-25-20-19-21-26-31)35(36(38)29-24-17-14-11-7-3)30-32(37)27-22-16-13-10-6-2/h31-36H,5-30,37-38H2,1-4H3. The molecule has 0 spiro atoms. The minimum atomic E-state index is 0.337. The van der Waals surface area contributed by atoms with E-state index < -0.39 is 0 Å². The number of nitrogens with two attached hydrogens (primary N) is 2. The zero-order chi connectivity index (χ0) is 27.8. The molecule has 0 aliphatic heterocycles. The average molecular weight is 535 g/mol. The zero-order valence-electron chi connectivity index (χ0n) is 27.0. The third kappa shape index (κ3) is 16.2. The van der Waals surface area contributed by atoms with E-state index in [1.54, 1.807) is 0 Å². The molecule has 1 fully saturated rings. The van der Waals surface area contributed by atoms with Crippen LogP contribution in [0.5, 0.6) is 0 Å². The van der Waals surface area contributed by atoms with Gasteiger partial charge in [0.05, 0.1) is 0 Å². The Morgan fingerprint density at radius 2 is 1.00 bits per heavy atom. The lowest BCUT2D eigenvalue weighted by molar-refractivity contribution is 0.0893. The third-order valence-electron chi connectivity index (χ3n) is 10.2. The summed E-state index contributed by atoms with van der Waals surface area (Å²) in [7, 11) is 0. The summed E-state index contributed by atoms with van der Waals surface area (Å²) in [6.45, 7) is 9.44. The highest BCUT2D eigenvalue weighted by atomic mass is 14.7. The normalized spacial score (nSPS) is 18.8. The summed E-state index contributed by atoms with van der Waals surface area (Å²) in [5.74, 6) is 3.20. The number of hydrogen-bond acceptors (Lipinski definition) is 2. The predicted molar refractivity (Wildman–Crippen MR) is 173 cm³/mol. The third-order valence-corrected chi connectivity index (χ3v) is 10.2. The molecule has 5 unspecified atom stereocenters. The van der Waals surface area contributed by atoms with Crippen molar-refractivity contribution in [2.24, 2.45) is 35.1 Å². The Bertz CT molecular complexity index is 486. The molecular weight excluding hydrogens is 460 g/mol. The molecule has 2 nitrogen and oxygen atoms in total. The smallest absolute Gasteiger partial charge is 0.00704 e. The molecule has 0 saturated heterocycles. The van der Waals surface area contributed by atoms with Gasteiger partial charge in [-0.15, -0.1) is 0 Å². The van der Waals surface area contributed by atoms with Gasteiger partial charge in [-0.2, -0.15) is 0 Å². The first-order valence-electron chi connectivity index (χ1n) is 18.1. The molecule has 38 heavy (non-hydrogen) atoms. The topological polar surface area (TPSA) is 52.0 Å². The van der Waals surface area contributed by atoms with Crippen LogP contribution in [0, 0.1) is 23.7 Å². The van der Waals surface area contributed by atoms with E-state index in [0.29, 0.717) is 18.0 Å². The molecule has 5 atom stereocenters. The Morgan fingerprint density at radius 3 is 1.53 bits per heavy atom. The fourth-order valence-electron chi connectivity index (χ4n) is 7.80. The highest BCUT2D eigenvalue weighted by Crippen LogP contribution is 2.43. The highest BCUT2D eigenvalue weighted by molar-refractivity contribution is 4.89. The molecule has 1 saturated carbocycles. The lowest BCUT2D eigenvalue weighted by atomic mass is 9.64. The first-order valence-corrected chi connectivity index (χ1v) is 18.1. The van der Waals surface area contributed by atoms with Crippen LogP contribution in [-0.4, -0.2) is 12.1 Å². The molecule has 0 heterocycles. The maximum absolute atomic E-state index is 7.21. The van der Waals surface area contributed by atoms with Crippen LogP contribution in [0.2, 0.25) is 0 Å². The van der Waals surface area contributed by atoms with Crippen LogP contribution < -0.4 is 11.5 Å². The number of unbranched alkanes of at least 4 members (excludes halogenated alkanes) is 13. The van der Waals surface area contributed by atoms with Crippen molar-refractivity contribution >= 4 is 0 Å². The summed E-state index contributed by atoms with van der Waals surface area (Å²) < 4.78 is 0. The van der Waals surface area contributed by atoms with Gasteiger partial charge < -0.3 is 11.5 Å². The Labute approximate surface area is 241 Å². The molecule has 0 bridgehead atoms. The quantitative estimate of drug-likeness (QED) is 0.108. The van der Waals surface area contributed by atoms with Crippen LogP contribution in [-0.2, 0) is 0 Å². The SMILES string of the molecule is CCCCCCCCC(C(CC(N)CCCCCCC)C(N)CCCCCCC)C(CC)C1CCCCC1. The number of rotatable bonds is 26. The maximum atomic E-state index is 7.21. The number of hydrogen-bond donors (Lipinski definition) is 2. The molecule has 1 aliphatic rings.